The molecule has 80 valence electrons. The minimum atomic E-state index is 0.323. The Hall–Kier alpha value is -0.380. The van der Waals surface area contributed by atoms with Gasteiger partial charge in [-0.25, -0.2) is 0 Å². The lowest BCUT2D eigenvalue weighted by atomic mass is 9.93. The Morgan fingerprint density at radius 3 is 2.36 bits per heavy atom. The molecule has 3 heteroatoms. The summed E-state index contributed by atoms with van der Waals surface area (Å²) in [5.41, 5.74) is 2.94. The maximum atomic E-state index is 5.62. The normalized spacial score (nSPS) is 13.5. The van der Waals surface area contributed by atoms with Gasteiger partial charge in [-0.3, -0.25) is 11.3 Å². The molecule has 0 saturated carbocycles. The zero-order chi connectivity index (χ0) is 10.6. The fraction of sp³-hybridized carbons (Fsp3) is 0.636. The van der Waals surface area contributed by atoms with Crippen LogP contribution in [-0.2, 0) is 0 Å². The minimum Gasteiger partial charge on any atom is -0.271 e. The Balaban J connectivity index is 2.80. The summed E-state index contributed by atoms with van der Waals surface area (Å²) in [6.07, 6.45) is 2.34. The molecule has 0 aliphatic heterocycles. The molecule has 14 heavy (non-hydrogen) atoms. The van der Waals surface area contributed by atoms with Crippen LogP contribution >= 0.6 is 11.3 Å². The van der Waals surface area contributed by atoms with Gasteiger partial charge in [0.1, 0.15) is 0 Å². The molecule has 0 bridgehead atoms. The van der Waals surface area contributed by atoms with Crippen molar-refractivity contribution < 1.29 is 0 Å². The fourth-order valence-electron chi connectivity index (χ4n) is 1.83. The van der Waals surface area contributed by atoms with E-state index in [2.05, 4.69) is 38.3 Å². The number of aryl methyl sites for hydroxylation is 1. The summed E-state index contributed by atoms with van der Waals surface area (Å²) in [5.74, 6) is 6.26. The van der Waals surface area contributed by atoms with Crippen LogP contribution in [0.3, 0.4) is 0 Å². The van der Waals surface area contributed by atoms with Crippen LogP contribution in [-0.4, -0.2) is 0 Å². The van der Waals surface area contributed by atoms with E-state index >= 15 is 0 Å². The summed E-state index contributed by atoms with van der Waals surface area (Å²) in [6.45, 7) is 6.58. The third-order valence-electron chi connectivity index (χ3n) is 2.77. The second-order valence-corrected chi connectivity index (χ2v) is 4.99. The first-order valence-electron chi connectivity index (χ1n) is 5.25. The van der Waals surface area contributed by atoms with Crippen LogP contribution in [0.5, 0.6) is 0 Å². The second kappa shape index (κ2) is 5.49. The first-order valence-corrected chi connectivity index (χ1v) is 6.07. The molecule has 0 aromatic carbocycles. The van der Waals surface area contributed by atoms with Crippen molar-refractivity contribution in [3.8, 4) is 0 Å². The molecule has 0 aliphatic rings. The molecule has 1 unspecified atom stereocenters. The molecule has 0 aliphatic carbocycles. The van der Waals surface area contributed by atoms with Crippen LogP contribution in [0.4, 0.5) is 0 Å². The van der Waals surface area contributed by atoms with Crippen molar-refractivity contribution in [1.82, 2.24) is 5.43 Å². The van der Waals surface area contributed by atoms with Crippen LogP contribution in [0, 0.1) is 12.8 Å². The minimum absolute atomic E-state index is 0.323. The molecule has 1 rings (SSSR count). The predicted molar refractivity (Wildman–Crippen MR) is 63.2 cm³/mol. The number of hydrazine groups is 1. The average molecular weight is 212 g/mol. The fourth-order valence-corrected chi connectivity index (χ4v) is 2.86. The number of hydrogen-bond donors (Lipinski definition) is 2. The van der Waals surface area contributed by atoms with E-state index in [-0.39, 0.29) is 0 Å². The average Bonchev–Trinajstić information content (AvgIpc) is 2.60. The van der Waals surface area contributed by atoms with E-state index in [0.717, 1.165) is 0 Å². The van der Waals surface area contributed by atoms with Gasteiger partial charge >= 0.3 is 0 Å². The van der Waals surface area contributed by atoms with Gasteiger partial charge in [-0.05, 0) is 25.0 Å². The van der Waals surface area contributed by atoms with Gasteiger partial charge in [-0.1, -0.05) is 26.7 Å². The summed E-state index contributed by atoms with van der Waals surface area (Å²) >= 11 is 1.84. The molecule has 1 aromatic rings. The lowest BCUT2D eigenvalue weighted by Gasteiger charge is -2.23. The number of thiophene rings is 1. The molecule has 3 N–H and O–H groups in total. The maximum Gasteiger partial charge on any atom is 0.0581 e. The third-order valence-corrected chi connectivity index (χ3v) is 3.85. The quantitative estimate of drug-likeness (QED) is 0.581. The van der Waals surface area contributed by atoms with Crippen molar-refractivity contribution in [3.63, 3.8) is 0 Å². The Kier molecular flexibility index (Phi) is 4.58. The highest BCUT2D eigenvalue weighted by Gasteiger charge is 2.19. The molecule has 0 radical (unpaired) electrons. The summed E-state index contributed by atoms with van der Waals surface area (Å²) in [6, 6.07) is 4.67. The van der Waals surface area contributed by atoms with Gasteiger partial charge in [-0.2, -0.15) is 0 Å². The van der Waals surface area contributed by atoms with E-state index in [9.17, 15) is 0 Å². The molecule has 0 fully saturated rings. The van der Waals surface area contributed by atoms with Crippen molar-refractivity contribution in [2.75, 3.05) is 0 Å². The van der Waals surface area contributed by atoms with Crippen LogP contribution in [0.1, 0.15) is 42.5 Å². The highest BCUT2D eigenvalue weighted by atomic mass is 32.1. The zero-order valence-electron chi connectivity index (χ0n) is 9.21. The van der Waals surface area contributed by atoms with E-state index in [4.69, 9.17) is 5.84 Å². The van der Waals surface area contributed by atoms with E-state index < -0.39 is 0 Å². The molecular formula is C11H20N2S. The third kappa shape index (κ3) is 2.56. The van der Waals surface area contributed by atoms with E-state index in [1.54, 1.807) is 0 Å². The smallest absolute Gasteiger partial charge is 0.0581 e. The van der Waals surface area contributed by atoms with Gasteiger partial charge in [0.25, 0.3) is 0 Å². The van der Waals surface area contributed by atoms with Crippen LogP contribution in [0.15, 0.2) is 12.1 Å². The monoisotopic (exact) mass is 212 g/mol. The summed E-state index contributed by atoms with van der Waals surface area (Å²) < 4.78 is 0. The number of hydrogen-bond acceptors (Lipinski definition) is 3. The molecule has 0 saturated heterocycles. The zero-order valence-corrected chi connectivity index (χ0v) is 10.0. The molecule has 0 spiro atoms. The first kappa shape index (κ1) is 11.7. The predicted octanol–water partition coefficient (Wildman–Crippen LogP) is 3.00. The maximum absolute atomic E-state index is 5.62. The molecule has 1 aromatic heterocycles. The van der Waals surface area contributed by atoms with Gasteiger partial charge in [0.15, 0.2) is 0 Å². The highest BCUT2D eigenvalue weighted by Crippen LogP contribution is 2.31. The van der Waals surface area contributed by atoms with Crippen molar-refractivity contribution in [1.29, 1.82) is 0 Å². The van der Waals surface area contributed by atoms with Crippen molar-refractivity contribution in [2.45, 2.75) is 39.7 Å². The molecule has 2 nitrogen and oxygen atoms in total. The van der Waals surface area contributed by atoms with Crippen molar-refractivity contribution >= 4 is 11.3 Å². The Labute approximate surface area is 90.5 Å². The van der Waals surface area contributed by atoms with Gasteiger partial charge in [0, 0.05) is 9.75 Å². The first-order chi connectivity index (χ1) is 6.72. The van der Waals surface area contributed by atoms with Crippen molar-refractivity contribution in [3.05, 3.63) is 21.9 Å². The molecule has 0 amide bonds. The number of rotatable bonds is 5. The van der Waals surface area contributed by atoms with E-state index in [1.807, 2.05) is 11.3 Å². The summed E-state index contributed by atoms with van der Waals surface area (Å²) in [5, 5.41) is 0. The SMILES string of the molecule is CCC(CC)C(NN)c1ccc(C)s1. The van der Waals surface area contributed by atoms with Crippen LogP contribution in [0.25, 0.3) is 0 Å². The topological polar surface area (TPSA) is 38.0 Å². The molecular weight excluding hydrogens is 192 g/mol. The standard InChI is InChI=1S/C11H20N2S/c1-4-9(5-2)11(13-12)10-7-6-8(3)14-10/h6-7,9,11,13H,4-5,12H2,1-3H3. The van der Waals surface area contributed by atoms with Crippen molar-refractivity contribution in [2.24, 2.45) is 11.8 Å². The molecule has 1 heterocycles. The Morgan fingerprint density at radius 1 is 1.36 bits per heavy atom. The number of nitrogens with two attached hydrogens (primary N) is 1. The number of nitrogens with one attached hydrogen (secondary N) is 1. The largest absolute Gasteiger partial charge is 0.271 e. The molecule has 1 atom stereocenters. The van der Waals surface area contributed by atoms with Gasteiger partial charge in [0.2, 0.25) is 0 Å². The van der Waals surface area contributed by atoms with E-state index in [0.29, 0.717) is 12.0 Å². The Bertz CT molecular complexity index is 266. The second-order valence-electron chi connectivity index (χ2n) is 3.67. The van der Waals surface area contributed by atoms with Crippen LogP contribution in [0.2, 0.25) is 0 Å². The highest BCUT2D eigenvalue weighted by molar-refractivity contribution is 7.12. The van der Waals surface area contributed by atoms with E-state index in [1.165, 1.54) is 22.6 Å². The van der Waals surface area contributed by atoms with Gasteiger partial charge in [0.05, 0.1) is 6.04 Å². The lowest BCUT2D eigenvalue weighted by Crippen LogP contribution is -2.32. The summed E-state index contributed by atoms with van der Waals surface area (Å²) in [4.78, 5) is 2.71. The van der Waals surface area contributed by atoms with Gasteiger partial charge < -0.3 is 0 Å². The lowest BCUT2D eigenvalue weighted by molar-refractivity contribution is 0.350. The van der Waals surface area contributed by atoms with Gasteiger partial charge in [-0.15, -0.1) is 11.3 Å². The Morgan fingerprint density at radius 2 is 2.00 bits per heavy atom. The summed E-state index contributed by atoms with van der Waals surface area (Å²) in [7, 11) is 0. The van der Waals surface area contributed by atoms with Crippen LogP contribution < -0.4 is 11.3 Å².